The number of ether oxygens (including phenoxy) is 1. The van der Waals surface area contributed by atoms with E-state index in [1.165, 1.54) is 15.8 Å². The van der Waals surface area contributed by atoms with E-state index in [1.807, 2.05) is 0 Å². The smallest absolute Gasteiger partial charge is 0.414 e. The molecule has 1 aromatic heterocycles. The van der Waals surface area contributed by atoms with Gasteiger partial charge < -0.3 is 10.1 Å². The van der Waals surface area contributed by atoms with Crippen LogP contribution in [-0.4, -0.2) is 39.9 Å². The Bertz CT molecular complexity index is 847. The zero-order valence-electron chi connectivity index (χ0n) is 13.3. The van der Waals surface area contributed by atoms with Gasteiger partial charge in [0, 0.05) is 5.69 Å². The van der Waals surface area contributed by atoms with Crippen molar-refractivity contribution in [3.63, 3.8) is 0 Å². The van der Waals surface area contributed by atoms with E-state index >= 15 is 0 Å². The average molecular weight is 345 g/mol. The van der Waals surface area contributed by atoms with Gasteiger partial charge in [0.1, 0.15) is 25.5 Å². The minimum Gasteiger partial charge on any atom is -0.447 e. The zero-order chi connectivity index (χ0) is 18.0. The van der Waals surface area contributed by atoms with Crippen LogP contribution in [0, 0.1) is 17.0 Å². The number of cyclic esters (lactones) is 1. The summed E-state index contributed by atoms with van der Waals surface area (Å²) in [7, 11) is 0. The second kappa shape index (κ2) is 6.59. The highest BCUT2D eigenvalue weighted by molar-refractivity contribution is 5.95. The summed E-state index contributed by atoms with van der Waals surface area (Å²) in [6.07, 6.45) is 1.84. The van der Waals surface area contributed by atoms with Gasteiger partial charge in [-0.05, 0) is 24.6 Å². The molecule has 0 atom stereocenters. The molecule has 1 aliphatic heterocycles. The molecule has 2 heterocycles. The van der Waals surface area contributed by atoms with Crippen molar-refractivity contribution >= 4 is 29.1 Å². The molecule has 10 nitrogen and oxygen atoms in total. The van der Waals surface area contributed by atoms with Gasteiger partial charge in [0.25, 0.3) is 0 Å². The van der Waals surface area contributed by atoms with E-state index in [9.17, 15) is 19.7 Å². The van der Waals surface area contributed by atoms with Crippen molar-refractivity contribution in [3.05, 3.63) is 46.3 Å². The van der Waals surface area contributed by atoms with Gasteiger partial charge >= 0.3 is 11.8 Å². The van der Waals surface area contributed by atoms with E-state index in [0.717, 1.165) is 11.8 Å². The third-order valence-corrected chi connectivity index (χ3v) is 3.77. The fourth-order valence-electron chi connectivity index (χ4n) is 2.53. The van der Waals surface area contributed by atoms with Crippen molar-refractivity contribution in [2.45, 2.75) is 13.5 Å². The lowest BCUT2D eigenvalue weighted by atomic mass is 10.1. The molecule has 2 amide bonds. The molecule has 130 valence electrons. The van der Waals surface area contributed by atoms with E-state index in [2.05, 4.69) is 10.4 Å². The molecule has 0 bridgehead atoms. The molecule has 1 aliphatic rings. The van der Waals surface area contributed by atoms with Crippen molar-refractivity contribution < 1.29 is 19.2 Å². The Balaban J connectivity index is 1.72. The van der Waals surface area contributed by atoms with Gasteiger partial charge in [-0.3, -0.25) is 24.5 Å². The first-order valence-electron chi connectivity index (χ1n) is 7.46. The van der Waals surface area contributed by atoms with E-state index in [4.69, 9.17) is 4.74 Å². The molecule has 0 saturated carbocycles. The fourth-order valence-corrected chi connectivity index (χ4v) is 2.53. The van der Waals surface area contributed by atoms with Gasteiger partial charge in [-0.1, -0.05) is 6.07 Å². The standard InChI is InChI=1S/C15H15N5O5/c1-10-12(3-2-4-13(10)19-5-6-25-15(19)22)17-14(21)9-18-8-11(7-16-18)20(23)24/h2-4,7-8H,5-6,9H2,1H3,(H,17,21). The first-order valence-corrected chi connectivity index (χ1v) is 7.46. The van der Waals surface area contributed by atoms with Crippen LogP contribution in [0.15, 0.2) is 30.6 Å². The van der Waals surface area contributed by atoms with Crippen molar-refractivity contribution in [1.82, 2.24) is 9.78 Å². The number of carbonyl (C=O) groups is 2. The molecule has 1 N–H and O–H groups in total. The third-order valence-electron chi connectivity index (χ3n) is 3.77. The van der Waals surface area contributed by atoms with Crippen LogP contribution in [0.3, 0.4) is 0 Å². The lowest BCUT2D eigenvalue weighted by molar-refractivity contribution is -0.385. The monoisotopic (exact) mass is 345 g/mol. The summed E-state index contributed by atoms with van der Waals surface area (Å²) in [5.74, 6) is -0.387. The molecule has 2 aromatic rings. The highest BCUT2D eigenvalue weighted by atomic mass is 16.6. The number of hydrogen-bond donors (Lipinski definition) is 1. The molecule has 0 aliphatic carbocycles. The van der Waals surface area contributed by atoms with Crippen LogP contribution >= 0.6 is 0 Å². The molecule has 10 heteroatoms. The van der Waals surface area contributed by atoms with Crippen molar-refractivity contribution in [1.29, 1.82) is 0 Å². The number of nitrogens with one attached hydrogen (secondary N) is 1. The molecule has 0 radical (unpaired) electrons. The summed E-state index contributed by atoms with van der Waals surface area (Å²) < 4.78 is 6.11. The third kappa shape index (κ3) is 3.42. The molecule has 0 unspecified atom stereocenters. The zero-order valence-corrected chi connectivity index (χ0v) is 13.3. The minimum atomic E-state index is -0.579. The lowest BCUT2D eigenvalue weighted by Gasteiger charge is -2.18. The number of aromatic nitrogens is 2. The van der Waals surface area contributed by atoms with Crippen LogP contribution < -0.4 is 10.2 Å². The van der Waals surface area contributed by atoms with Gasteiger partial charge in [-0.15, -0.1) is 0 Å². The van der Waals surface area contributed by atoms with Crippen LogP contribution in [0.2, 0.25) is 0 Å². The van der Waals surface area contributed by atoms with E-state index in [0.29, 0.717) is 24.5 Å². The van der Waals surface area contributed by atoms with Gasteiger partial charge in [0.15, 0.2) is 0 Å². The second-order valence-electron chi connectivity index (χ2n) is 5.42. The Labute approximate surface area is 142 Å². The van der Waals surface area contributed by atoms with E-state index in [-0.39, 0.29) is 18.1 Å². The molecule has 1 fully saturated rings. The number of benzene rings is 1. The summed E-state index contributed by atoms with van der Waals surface area (Å²) >= 11 is 0. The highest BCUT2D eigenvalue weighted by Crippen LogP contribution is 2.28. The van der Waals surface area contributed by atoms with Crippen molar-refractivity contribution in [2.75, 3.05) is 23.4 Å². The summed E-state index contributed by atoms with van der Waals surface area (Å²) in [5.41, 5.74) is 1.75. The largest absolute Gasteiger partial charge is 0.447 e. The van der Waals surface area contributed by atoms with E-state index in [1.54, 1.807) is 25.1 Å². The van der Waals surface area contributed by atoms with Crippen molar-refractivity contribution in [2.24, 2.45) is 0 Å². The number of hydrogen-bond acceptors (Lipinski definition) is 6. The topological polar surface area (TPSA) is 120 Å². The molecule has 25 heavy (non-hydrogen) atoms. The molecular weight excluding hydrogens is 330 g/mol. The quantitative estimate of drug-likeness (QED) is 0.650. The predicted molar refractivity (Wildman–Crippen MR) is 87.4 cm³/mol. The van der Waals surface area contributed by atoms with Crippen molar-refractivity contribution in [3.8, 4) is 0 Å². The maximum Gasteiger partial charge on any atom is 0.414 e. The molecule has 0 spiro atoms. The van der Waals surface area contributed by atoms with Crippen LogP contribution in [0.1, 0.15) is 5.56 Å². The van der Waals surface area contributed by atoms with Crippen LogP contribution in [-0.2, 0) is 16.1 Å². The summed E-state index contributed by atoms with van der Waals surface area (Å²) in [4.78, 5) is 35.4. The maximum atomic E-state index is 12.2. The number of nitrogens with zero attached hydrogens (tertiary/aromatic N) is 4. The highest BCUT2D eigenvalue weighted by Gasteiger charge is 2.25. The SMILES string of the molecule is Cc1c(NC(=O)Cn2cc([N+](=O)[O-])cn2)cccc1N1CCOC1=O. The number of carbonyl (C=O) groups excluding carboxylic acids is 2. The summed E-state index contributed by atoms with van der Waals surface area (Å²) in [5, 5.41) is 17.1. The predicted octanol–water partition coefficient (Wildman–Crippen LogP) is 1.70. The maximum absolute atomic E-state index is 12.2. The van der Waals surface area contributed by atoms with Gasteiger partial charge in [-0.25, -0.2) is 4.79 Å². The summed E-state index contributed by atoms with van der Waals surface area (Å²) in [6.45, 7) is 2.40. The van der Waals surface area contributed by atoms with Crippen LogP contribution in [0.5, 0.6) is 0 Å². The molecule has 1 aromatic carbocycles. The number of rotatable bonds is 5. The van der Waals surface area contributed by atoms with Gasteiger partial charge in [0.05, 0.1) is 17.2 Å². The van der Waals surface area contributed by atoms with E-state index < -0.39 is 11.0 Å². The molecular formula is C15H15N5O5. The Morgan fingerprint density at radius 1 is 1.48 bits per heavy atom. The Kier molecular flexibility index (Phi) is 4.33. The van der Waals surface area contributed by atoms with Crippen LogP contribution in [0.25, 0.3) is 0 Å². The number of amides is 2. The Morgan fingerprint density at radius 2 is 2.28 bits per heavy atom. The normalized spacial score (nSPS) is 13.6. The Morgan fingerprint density at radius 3 is 2.92 bits per heavy atom. The first-order chi connectivity index (χ1) is 12.0. The van der Waals surface area contributed by atoms with Crippen LogP contribution in [0.4, 0.5) is 21.9 Å². The fraction of sp³-hybridized carbons (Fsp3) is 0.267. The lowest BCUT2D eigenvalue weighted by Crippen LogP contribution is -2.25. The number of anilines is 2. The molecule has 3 rings (SSSR count). The first kappa shape index (κ1) is 16.4. The van der Waals surface area contributed by atoms with Gasteiger partial charge in [0.2, 0.25) is 5.91 Å². The summed E-state index contributed by atoms with van der Waals surface area (Å²) in [6, 6.07) is 5.21. The Hall–Kier alpha value is -3.43. The second-order valence-corrected chi connectivity index (χ2v) is 5.42. The minimum absolute atomic E-state index is 0.163. The molecule has 1 saturated heterocycles. The van der Waals surface area contributed by atoms with Gasteiger partial charge in [-0.2, -0.15) is 5.10 Å². The average Bonchev–Trinajstić information content (AvgIpc) is 3.19. The number of nitro groups is 1.